The smallest absolute Gasteiger partial charge is 0.0115 e. The second-order valence-electron chi connectivity index (χ2n) is 7.15. The lowest BCUT2D eigenvalue weighted by Crippen LogP contribution is -2.51. The highest BCUT2D eigenvalue weighted by Gasteiger charge is 2.40. The number of likely N-dealkylation sites (tertiary alicyclic amines) is 1. The Labute approximate surface area is 125 Å². The van der Waals surface area contributed by atoms with Crippen molar-refractivity contribution in [2.75, 3.05) is 32.7 Å². The van der Waals surface area contributed by atoms with Crippen molar-refractivity contribution in [1.82, 2.24) is 15.1 Å². The van der Waals surface area contributed by atoms with E-state index in [0.717, 1.165) is 18.1 Å². The molecule has 0 spiro atoms. The molecule has 2 unspecified atom stereocenters. The van der Waals surface area contributed by atoms with Gasteiger partial charge in [-0.1, -0.05) is 13.3 Å². The zero-order valence-corrected chi connectivity index (χ0v) is 13.3. The van der Waals surface area contributed by atoms with Crippen molar-refractivity contribution in [3.05, 3.63) is 0 Å². The van der Waals surface area contributed by atoms with E-state index in [-0.39, 0.29) is 0 Å². The Balaban J connectivity index is 1.44. The maximum absolute atomic E-state index is 3.76. The van der Waals surface area contributed by atoms with Crippen LogP contribution in [0.2, 0.25) is 0 Å². The number of nitrogens with one attached hydrogen (secondary N) is 1. The molecule has 0 aromatic carbocycles. The second kappa shape index (κ2) is 7.24. The van der Waals surface area contributed by atoms with Gasteiger partial charge in [-0.2, -0.15) is 0 Å². The third-order valence-corrected chi connectivity index (χ3v) is 5.69. The predicted octanol–water partition coefficient (Wildman–Crippen LogP) is 2.47. The third kappa shape index (κ3) is 3.55. The van der Waals surface area contributed by atoms with Crippen LogP contribution in [0.4, 0.5) is 0 Å². The summed E-state index contributed by atoms with van der Waals surface area (Å²) >= 11 is 0. The molecule has 0 aromatic rings. The molecule has 2 bridgehead atoms. The Bertz CT molecular complexity index is 274. The van der Waals surface area contributed by atoms with Crippen LogP contribution in [-0.2, 0) is 0 Å². The number of fused-ring (bicyclic) bond motifs is 2. The van der Waals surface area contributed by atoms with Crippen molar-refractivity contribution < 1.29 is 0 Å². The molecule has 2 atom stereocenters. The molecule has 0 aliphatic carbocycles. The number of piperidine rings is 2. The summed E-state index contributed by atoms with van der Waals surface area (Å²) in [6.45, 7) is 8.83. The molecule has 3 fully saturated rings. The van der Waals surface area contributed by atoms with Gasteiger partial charge in [0.1, 0.15) is 0 Å². The van der Waals surface area contributed by atoms with E-state index in [2.05, 4.69) is 22.0 Å². The lowest BCUT2D eigenvalue weighted by molar-refractivity contribution is 0.0957. The van der Waals surface area contributed by atoms with Crippen LogP contribution in [0.3, 0.4) is 0 Å². The molecule has 0 amide bonds. The molecule has 3 nitrogen and oxygen atoms in total. The average molecular weight is 279 g/mol. The Morgan fingerprint density at radius 2 is 1.65 bits per heavy atom. The van der Waals surface area contributed by atoms with Gasteiger partial charge >= 0.3 is 0 Å². The van der Waals surface area contributed by atoms with Gasteiger partial charge in [-0.3, -0.25) is 4.90 Å². The molecule has 3 saturated heterocycles. The highest BCUT2D eigenvalue weighted by molar-refractivity contribution is 4.97. The topological polar surface area (TPSA) is 18.5 Å². The molecule has 116 valence electrons. The number of rotatable bonds is 6. The summed E-state index contributed by atoms with van der Waals surface area (Å²) in [5.41, 5.74) is 0. The molecule has 20 heavy (non-hydrogen) atoms. The van der Waals surface area contributed by atoms with Crippen LogP contribution in [0.25, 0.3) is 0 Å². The van der Waals surface area contributed by atoms with Crippen molar-refractivity contribution in [3.63, 3.8) is 0 Å². The molecule has 3 heterocycles. The van der Waals surface area contributed by atoms with Crippen molar-refractivity contribution in [1.29, 1.82) is 0 Å². The minimum absolute atomic E-state index is 0.804. The van der Waals surface area contributed by atoms with E-state index in [1.165, 1.54) is 84.1 Å². The van der Waals surface area contributed by atoms with Gasteiger partial charge in [-0.15, -0.1) is 0 Å². The molecule has 1 N–H and O–H groups in total. The molecule has 3 aliphatic heterocycles. The van der Waals surface area contributed by atoms with E-state index in [9.17, 15) is 0 Å². The van der Waals surface area contributed by atoms with E-state index < -0.39 is 0 Å². The maximum Gasteiger partial charge on any atom is 0.0115 e. The van der Waals surface area contributed by atoms with Crippen molar-refractivity contribution in [3.8, 4) is 0 Å². The number of nitrogens with zero attached hydrogens (tertiary/aromatic N) is 2. The van der Waals surface area contributed by atoms with Gasteiger partial charge in [-0.05, 0) is 64.6 Å². The largest absolute Gasteiger partial charge is 0.314 e. The molecule has 3 aliphatic rings. The molecule has 3 heteroatoms. The first kappa shape index (κ1) is 14.8. The molecule has 0 saturated carbocycles. The lowest BCUT2D eigenvalue weighted by atomic mass is 9.97. The van der Waals surface area contributed by atoms with E-state index in [0.29, 0.717) is 0 Å². The Morgan fingerprint density at radius 1 is 0.950 bits per heavy atom. The number of hydrogen-bond donors (Lipinski definition) is 1. The van der Waals surface area contributed by atoms with Gasteiger partial charge in [0.2, 0.25) is 0 Å². The normalized spacial score (nSPS) is 35.5. The van der Waals surface area contributed by atoms with Gasteiger partial charge in [0, 0.05) is 31.2 Å². The van der Waals surface area contributed by atoms with Crippen LogP contribution in [0, 0.1) is 0 Å². The van der Waals surface area contributed by atoms with Crippen LogP contribution >= 0.6 is 0 Å². The van der Waals surface area contributed by atoms with Crippen molar-refractivity contribution in [2.24, 2.45) is 0 Å². The van der Waals surface area contributed by atoms with Crippen molar-refractivity contribution in [2.45, 2.75) is 76.4 Å². The van der Waals surface area contributed by atoms with Gasteiger partial charge in [-0.25, -0.2) is 0 Å². The first-order valence-electron chi connectivity index (χ1n) is 9.08. The summed E-state index contributed by atoms with van der Waals surface area (Å²) in [4.78, 5) is 5.56. The quantitative estimate of drug-likeness (QED) is 0.806. The van der Waals surface area contributed by atoms with E-state index in [1.54, 1.807) is 0 Å². The fourth-order valence-corrected chi connectivity index (χ4v) is 4.59. The van der Waals surface area contributed by atoms with E-state index >= 15 is 0 Å². The van der Waals surface area contributed by atoms with Crippen LogP contribution in [0.5, 0.6) is 0 Å². The zero-order chi connectivity index (χ0) is 13.8. The minimum atomic E-state index is 0.804. The van der Waals surface area contributed by atoms with Gasteiger partial charge < -0.3 is 10.2 Å². The second-order valence-corrected chi connectivity index (χ2v) is 7.15. The predicted molar refractivity (Wildman–Crippen MR) is 85.1 cm³/mol. The summed E-state index contributed by atoms with van der Waals surface area (Å²) in [6, 6.07) is 2.57. The Morgan fingerprint density at radius 3 is 2.30 bits per heavy atom. The Kier molecular flexibility index (Phi) is 5.36. The third-order valence-electron chi connectivity index (χ3n) is 5.69. The molecular weight excluding hydrogens is 246 g/mol. The SMILES string of the molecule is CCCNC1CC2CCC(C1)N2CCN1CCCCC1. The molecule has 3 rings (SSSR count). The van der Waals surface area contributed by atoms with E-state index in [4.69, 9.17) is 0 Å². The first-order valence-corrected chi connectivity index (χ1v) is 9.08. The summed E-state index contributed by atoms with van der Waals surface area (Å²) in [6.07, 6.45) is 11.3. The molecule has 0 aromatic heterocycles. The number of hydrogen-bond acceptors (Lipinski definition) is 3. The van der Waals surface area contributed by atoms with Crippen LogP contribution in [0.1, 0.15) is 58.3 Å². The van der Waals surface area contributed by atoms with Gasteiger partial charge in [0.15, 0.2) is 0 Å². The lowest BCUT2D eigenvalue weighted by Gasteiger charge is -2.40. The monoisotopic (exact) mass is 279 g/mol. The summed E-state index contributed by atoms with van der Waals surface area (Å²) < 4.78 is 0. The van der Waals surface area contributed by atoms with Crippen LogP contribution < -0.4 is 5.32 Å². The molecule has 0 radical (unpaired) electrons. The fraction of sp³-hybridized carbons (Fsp3) is 1.00. The van der Waals surface area contributed by atoms with Gasteiger partial charge in [0.25, 0.3) is 0 Å². The summed E-state index contributed by atoms with van der Waals surface area (Å²) in [7, 11) is 0. The fourth-order valence-electron chi connectivity index (χ4n) is 4.59. The van der Waals surface area contributed by atoms with Crippen molar-refractivity contribution >= 4 is 0 Å². The maximum atomic E-state index is 3.76. The van der Waals surface area contributed by atoms with Gasteiger partial charge in [0.05, 0.1) is 0 Å². The van der Waals surface area contributed by atoms with Crippen LogP contribution in [-0.4, -0.2) is 60.6 Å². The minimum Gasteiger partial charge on any atom is -0.314 e. The highest BCUT2D eigenvalue weighted by atomic mass is 15.3. The zero-order valence-electron chi connectivity index (χ0n) is 13.3. The molecular formula is C17H33N3. The summed E-state index contributed by atoms with van der Waals surface area (Å²) in [5, 5.41) is 3.76. The van der Waals surface area contributed by atoms with E-state index in [1.807, 2.05) is 0 Å². The average Bonchev–Trinajstić information content (AvgIpc) is 2.73. The summed E-state index contributed by atoms with van der Waals surface area (Å²) in [5.74, 6) is 0. The highest BCUT2D eigenvalue weighted by Crippen LogP contribution is 2.35. The van der Waals surface area contributed by atoms with Crippen LogP contribution in [0.15, 0.2) is 0 Å². The standard InChI is InChI=1S/C17H33N3/c1-2-8-18-15-13-16-6-7-17(14-15)20(16)12-11-19-9-4-3-5-10-19/h15-18H,2-14H2,1H3. The first-order chi connectivity index (χ1) is 9.86. The Hall–Kier alpha value is -0.120.